The average Bonchev–Trinajstić information content (AvgIpc) is 3.52. The lowest BCUT2D eigenvalue weighted by Crippen LogP contribution is -2.48. The van der Waals surface area contributed by atoms with Gasteiger partial charge in [-0.15, -0.1) is 0 Å². The number of sulfonamides is 1. The topological polar surface area (TPSA) is 82.6 Å². The quantitative estimate of drug-likeness (QED) is 0.779. The van der Waals surface area contributed by atoms with E-state index in [1.807, 2.05) is 30.0 Å². The van der Waals surface area contributed by atoms with E-state index in [1.165, 1.54) is 6.07 Å². The van der Waals surface area contributed by atoms with Crippen LogP contribution in [0.3, 0.4) is 0 Å². The lowest BCUT2D eigenvalue weighted by molar-refractivity contribution is 0.0626. The number of benzene rings is 1. The van der Waals surface area contributed by atoms with Crippen LogP contribution >= 0.6 is 0 Å². The zero-order valence-corrected chi connectivity index (χ0v) is 17.4. The number of nitrogens with zero attached hydrogens (tertiary/aromatic N) is 3. The molecule has 1 saturated heterocycles. The van der Waals surface area contributed by atoms with Crippen LogP contribution in [0.15, 0.2) is 47.5 Å². The van der Waals surface area contributed by atoms with Crippen molar-refractivity contribution in [2.45, 2.75) is 37.2 Å². The van der Waals surface area contributed by atoms with Crippen molar-refractivity contribution in [1.29, 1.82) is 0 Å². The molecular weight excluding hydrogens is 388 g/mol. The van der Waals surface area contributed by atoms with Gasteiger partial charge in [0.15, 0.2) is 0 Å². The molecule has 8 heteroatoms. The first-order chi connectivity index (χ1) is 13.9. The summed E-state index contributed by atoms with van der Waals surface area (Å²) in [6.45, 7) is 5.37. The summed E-state index contributed by atoms with van der Waals surface area (Å²) in [5, 5.41) is 0. The Hall–Kier alpha value is -2.29. The van der Waals surface area contributed by atoms with Crippen LogP contribution < -0.4 is 4.72 Å². The van der Waals surface area contributed by atoms with E-state index in [1.54, 1.807) is 18.3 Å². The van der Waals surface area contributed by atoms with Crippen LogP contribution in [-0.4, -0.2) is 61.3 Å². The van der Waals surface area contributed by atoms with E-state index in [-0.39, 0.29) is 16.8 Å². The highest BCUT2D eigenvalue weighted by molar-refractivity contribution is 7.89. The zero-order chi connectivity index (χ0) is 20.4. The highest BCUT2D eigenvalue weighted by Gasteiger charge is 2.29. The predicted molar refractivity (Wildman–Crippen MR) is 110 cm³/mol. The van der Waals surface area contributed by atoms with E-state index in [0.29, 0.717) is 18.7 Å². The van der Waals surface area contributed by atoms with Gasteiger partial charge in [0.1, 0.15) is 0 Å². The molecule has 7 nitrogen and oxygen atoms in total. The molecule has 29 heavy (non-hydrogen) atoms. The smallest absolute Gasteiger partial charge is 0.254 e. The highest BCUT2D eigenvalue weighted by atomic mass is 32.2. The minimum atomic E-state index is -3.58. The number of pyridine rings is 1. The normalized spacial score (nSPS) is 18.0. The minimum Gasteiger partial charge on any atom is -0.336 e. The summed E-state index contributed by atoms with van der Waals surface area (Å²) in [5.41, 5.74) is 2.27. The number of carbonyl (C=O) groups excluding carboxylic acids is 1. The van der Waals surface area contributed by atoms with Gasteiger partial charge in [0.05, 0.1) is 10.6 Å². The van der Waals surface area contributed by atoms with Crippen molar-refractivity contribution >= 4 is 15.9 Å². The fourth-order valence-electron chi connectivity index (χ4n) is 3.49. The van der Waals surface area contributed by atoms with E-state index >= 15 is 0 Å². The average molecular weight is 415 g/mol. The standard InChI is InChI=1S/C21H26N4O3S/c1-16-5-8-19(29(27,28)23-17-6-7-17)14-20(16)21(26)25-12-10-24(11-13-25)15-18-4-2-3-9-22-18/h2-5,8-9,14,17,23H,6-7,10-13,15H2,1H3. The van der Waals surface area contributed by atoms with Gasteiger partial charge in [-0.25, -0.2) is 13.1 Å². The number of nitrogens with one attached hydrogen (secondary N) is 1. The van der Waals surface area contributed by atoms with Crippen molar-refractivity contribution in [2.24, 2.45) is 0 Å². The second-order valence-corrected chi connectivity index (χ2v) is 9.48. The molecule has 1 N–H and O–H groups in total. The molecule has 2 fully saturated rings. The maximum atomic E-state index is 13.1. The summed E-state index contributed by atoms with van der Waals surface area (Å²) in [6, 6.07) is 10.7. The van der Waals surface area contributed by atoms with Crippen molar-refractivity contribution in [3.63, 3.8) is 0 Å². The molecule has 1 aromatic heterocycles. The summed E-state index contributed by atoms with van der Waals surface area (Å²) >= 11 is 0. The van der Waals surface area contributed by atoms with Gasteiger partial charge in [-0.2, -0.15) is 0 Å². The number of aryl methyl sites for hydroxylation is 1. The molecule has 1 amide bonds. The fraction of sp³-hybridized carbons (Fsp3) is 0.429. The Morgan fingerprint density at radius 3 is 2.55 bits per heavy atom. The maximum Gasteiger partial charge on any atom is 0.254 e. The minimum absolute atomic E-state index is 0.0348. The number of hydrogen-bond donors (Lipinski definition) is 1. The van der Waals surface area contributed by atoms with Crippen LogP contribution in [0.2, 0.25) is 0 Å². The van der Waals surface area contributed by atoms with Crippen LogP contribution in [0.4, 0.5) is 0 Å². The third-order valence-corrected chi connectivity index (χ3v) is 6.94. The van der Waals surface area contributed by atoms with Gasteiger partial charge in [0.25, 0.3) is 5.91 Å². The molecule has 0 bridgehead atoms. The van der Waals surface area contributed by atoms with E-state index in [0.717, 1.165) is 43.7 Å². The molecule has 2 heterocycles. The second kappa shape index (κ2) is 8.22. The maximum absolute atomic E-state index is 13.1. The second-order valence-electron chi connectivity index (χ2n) is 7.76. The van der Waals surface area contributed by atoms with Crippen LogP contribution in [0.5, 0.6) is 0 Å². The van der Waals surface area contributed by atoms with Crippen molar-refractivity contribution in [3.8, 4) is 0 Å². The molecule has 1 aliphatic heterocycles. The van der Waals surface area contributed by atoms with Gasteiger partial charge in [-0.05, 0) is 49.6 Å². The number of piperazine rings is 1. The Kier molecular flexibility index (Phi) is 5.67. The highest BCUT2D eigenvalue weighted by Crippen LogP contribution is 2.24. The number of carbonyl (C=O) groups is 1. The van der Waals surface area contributed by atoms with Crippen molar-refractivity contribution in [3.05, 3.63) is 59.4 Å². The molecule has 2 aromatic rings. The SMILES string of the molecule is Cc1ccc(S(=O)(=O)NC2CC2)cc1C(=O)N1CCN(Cc2ccccn2)CC1. The molecule has 4 rings (SSSR count). The third kappa shape index (κ3) is 4.83. The van der Waals surface area contributed by atoms with E-state index in [4.69, 9.17) is 0 Å². The Labute approximate surface area is 171 Å². The molecule has 0 spiro atoms. The summed E-state index contributed by atoms with van der Waals surface area (Å²) in [5.74, 6) is -0.108. The molecule has 0 atom stereocenters. The molecule has 2 aliphatic rings. The van der Waals surface area contributed by atoms with Gasteiger partial charge >= 0.3 is 0 Å². The summed E-state index contributed by atoms with van der Waals surface area (Å²) in [4.78, 5) is 21.7. The monoisotopic (exact) mass is 414 g/mol. The van der Waals surface area contributed by atoms with Crippen molar-refractivity contribution in [1.82, 2.24) is 19.5 Å². The lowest BCUT2D eigenvalue weighted by atomic mass is 10.1. The largest absolute Gasteiger partial charge is 0.336 e. The van der Waals surface area contributed by atoms with Crippen LogP contribution in [0.1, 0.15) is 34.5 Å². The number of hydrogen-bond acceptors (Lipinski definition) is 5. The fourth-order valence-corrected chi connectivity index (χ4v) is 4.82. The van der Waals surface area contributed by atoms with E-state index in [2.05, 4.69) is 14.6 Å². The van der Waals surface area contributed by atoms with Crippen molar-refractivity contribution < 1.29 is 13.2 Å². The molecule has 0 radical (unpaired) electrons. The Balaban J connectivity index is 1.42. The molecule has 1 aromatic carbocycles. The first-order valence-corrected chi connectivity index (χ1v) is 11.5. The van der Waals surface area contributed by atoms with Crippen LogP contribution in [0, 0.1) is 6.92 Å². The van der Waals surface area contributed by atoms with Crippen LogP contribution in [0.25, 0.3) is 0 Å². The Bertz CT molecular complexity index is 982. The predicted octanol–water partition coefficient (Wildman–Crippen LogP) is 1.79. The Morgan fingerprint density at radius 1 is 1.14 bits per heavy atom. The first-order valence-electron chi connectivity index (χ1n) is 9.97. The van der Waals surface area contributed by atoms with Gasteiger partial charge in [0.2, 0.25) is 10.0 Å². The van der Waals surface area contributed by atoms with Crippen LogP contribution in [-0.2, 0) is 16.6 Å². The molecule has 0 unspecified atom stereocenters. The summed E-state index contributed by atoms with van der Waals surface area (Å²) in [6.07, 6.45) is 3.54. The van der Waals surface area contributed by atoms with Gasteiger partial charge in [0, 0.05) is 50.5 Å². The zero-order valence-electron chi connectivity index (χ0n) is 16.5. The number of aromatic nitrogens is 1. The molecule has 1 saturated carbocycles. The van der Waals surface area contributed by atoms with E-state index in [9.17, 15) is 13.2 Å². The van der Waals surface area contributed by atoms with Gasteiger partial charge in [-0.3, -0.25) is 14.7 Å². The van der Waals surface area contributed by atoms with Gasteiger partial charge in [-0.1, -0.05) is 12.1 Å². The van der Waals surface area contributed by atoms with Gasteiger partial charge < -0.3 is 4.90 Å². The third-order valence-electron chi connectivity index (χ3n) is 5.42. The van der Waals surface area contributed by atoms with E-state index < -0.39 is 10.0 Å². The summed E-state index contributed by atoms with van der Waals surface area (Å²) in [7, 11) is -3.58. The number of amides is 1. The first kappa shape index (κ1) is 20.0. The lowest BCUT2D eigenvalue weighted by Gasteiger charge is -2.34. The Morgan fingerprint density at radius 2 is 1.90 bits per heavy atom. The molecule has 1 aliphatic carbocycles. The summed E-state index contributed by atoms with van der Waals surface area (Å²) < 4.78 is 27.7. The molecule has 154 valence electrons. The van der Waals surface area contributed by atoms with Crippen molar-refractivity contribution in [2.75, 3.05) is 26.2 Å². The number of rotatable bonds is 6. The molecular formula is C21H26N4O3S.